The van der Waals surface area contributed by atoms with Crippen molar-refractivity contribution in [1.29, 1.82) is 0 Å². The number of nitrogens with two attached hydrogens (primary N) is 1. The first kappa shape index (κ1) is 15.6. The summed E-state index contributed by atoms with van der Waals surface area (Å²) in [4.78, 5) is 13.9. The van der Waals surface area contributed by atoms with Gasteiger partial charge in [0.15, 0.2) is 0 Å². The Morgan fingerprint density at radius 1 is 1.09 bits per heavy atom. The minimum absolute atomic E-state index is 0.221. The average molecular weight is 310 g/mol. The van der Waals surface area contributed by atoms with E-state index in [9.17, 15) is 4.79 Å². The highest BCUT2D eigenvalue weighted by Gasteiger charge is 2.29. The Morgan fingerprint density at radius 2 is 1.78 bits per heavy atom. The van der Waals surface area contributed by atoms with E-state index in [0.717, 1.165) is 25.3 Å². The van der Waals surface area contributed by atoms with Crippen molar-refractivity contribution in [1.82, 2.24) is 4.90 Å². The number of hydrogen-bond donors (Lipinski definition) is 1. The Balaban J connectivity index is 1.56. The number of benzene rings is 2. The maximum absolute atomic E-state index is 11.8. The fourth-order valence-corrected chi connectivity index (χ4v) is 3.07. The number of nitrogens with zero attached hydrogens (tertiary/aromatic N) is 1. The first-order chi connectivity index (χ1) is 11.2. The minimum atomic E-state index is -0.247. The van der Waals surface area contributed by atoms with Crippen LogP contribution in [0.25, 0.3) is 0 Å². The van der Waals surface area contributed by atoms with Crippen LogP contribution in [0.3, 0.4) is 0 Å². The van der Waals surface area contributed by atoms with Gasteiger partial charge in [0.1, 0.15) is 5.75 Å². The van der Waals surface area contributed by atoms with Gasteiger partial charge < -0.3 is 10.5 Å². The predicted molar refractivity (Wildman–Crippen MR) is 90.1 cm³/mol. The first-order valence-electron chi connectivity index (χ1n) is 8.02. The molecule has 0 aliphatic carbocycles. The van der Waals surface area contributed by atoms with Gasteiger partial charge in [-0.2, -0.15) is 0 Å². The summed E-state index contributed by atoms with van der Waals surface area (Å²) >= 11 is 0. The number of fused-ring (bicyclic) bond motifs is 1. The summed E-state index contributed by atoms with van der Waals surface area (Å²) < 4.78 is 5.72. The van der Waals surface area contributed by atoms with E-state index in [-0.39, 0.29) is 11.9 Å². The van der Waals surface area contributed by atoms with E-state index in [0.29, 0.717) is 13.0 Å². The second-order valence-corrected chi connectivity index (χ2v) is 5.88. The summed E-state index contributed by atoms with van der Waals surface area (Å²) in [6, 6.07) is 17.8. The summed E-state index contributed by atoms with van der Waals surface area (Å²) in [6.07, 6.45) is 1.56. The minimum Gasteiger partial charge on any atom is -0.494 e. The molecular weight excluding hydrogens is 288 g/mol. The van der Waals surface area contributed by atoms with Crippen LogP contribution >= 0.6 is 0 Å². The Morgan fingerprint density at radius 3 is 2.52 bits per heavy atom. The van der Waals surface area contributed by atoms with E-state index in [2.05, 4.69) is 17.0 Å². The average Bonchev–Trinajstić information content (AvgIpc) is 2.59. The highest BCUT2D eigenvalue weighted by atomic mass is 16.5. The van der Waals surface area contributed by atoms with Gasteiger partial charge in [-0.05, 0) is 36.1 Å². The highest BCUT2D eigenvalue weighted by molar-refractivity contribution is 5.80. The third-order valence-corrected chi connectivity index (χ3v) is 4.28. The topological polar surface area (TPSA) is 55.6 Å². The molecule has 0 bridgehead atoms. The lowest BCUT2D eigenvalue weighted by atomic mass is 9.93. The van der Waals surface area contributed by atoms with Crippen LogP contribution in [0.5, 0.6) is 5.75 Å². The van der Waals surface area contributed by atoms with Gasteiger partial charge in [-0.3, -0.25) is 9.69 Å². The zero-order valence-electron chi connectivity index (χ0n) is 13.2. The van der Waals surface area contributed by atoms with Gasteiger partial charge in [0, 0.05) is 13.1 Å². The number of para-hydroxylation sites is 1. The van der Waals surface area contributed by atoms with Crippen molar-refractivity contribution in [3.8, 4) is 5.75 Å². The Labute approximate surface area is 136 Å². The van der Waals surface area contributed by atoms with E-state index in [1.165, 1.54) is 11.1 Å². The van der Waals surface area contributed by atoms with Crippen LogP contribution in [-0.4, -0.2) is 30.0 Å². The summed E-state index contributed by atoms with van der Waals surface area (Å²) in [5.74, 6) is 0.631. The summed E-state index contributed by atoms with van der Waals surface area (Å²) in [5, 5.41) is 0. The molecule has 0 fully saturated rings. The number of rotatable bonds is 6. The van der Waals surface area contributed by atoms with Crippen LogP contribution in [0.1, 0.15) is 17.5 Å². The molecule has 0 saturated heterocycles. The van der Waals surface area contributed by atoms with Gasteiger partial charge in [0.05, 0.1) is 12.6 Å². The van der Waals surface area contributed by atoms with Gasteiger partial charge in [0.2, 0.25) is 5.91 Å². The smallest absolute Gasteiger partial charge is 0.235 e. The molecule has 120 valence electrons. The lowest BCUT2D eigenvalue weighted by Gasteiger charge is -2.35. The van der Waals surface area contributed by atoms with Crippen LogP contribution < -0.4 is 10.5 Å². The SMILES string of the molecule is NC(=O)[C@@H]1Cc2ccccc2CN1CCCOc1ccccc1. The number of ether oxygens (including phenoxy) is 1. The molecule has 1 heterocycles. The van der Waals surface area contributed by atoms with Gasteiger partial charge in [0.25, 0.3) is 0 Å². The monoisotopic (exact) mass is 310 g/mol. The molecule has 1 atom stereocenters. The molecule has 1 amide bonds. The third-order valence-electron chi connectivity index (χ3n) is 4.28. The van der Waals surface area contributed by atoms with Crippen molar-refractivity contribution >= 4 is 5.91 Å². The molecule has 2 aromatic carbocycles. The molecule has 2 N–H and O–H groups in total. The number of amides is 1. The van der Waals surface area contributed by atoms with Crippen LogP contribution in [0, 0.1) is 0 Å². The molecule has 3 rings (SSSR count). The molecule has 1 aliphatic heterocycles. The highest BCUT2D eigenvalue weighted by Crippen LogP contribution is 2.23. The van der Waals surface area contributed by atoms with E-state index < -0.39 is 0 Å². The molecule has 0 spiro atoms. The quantitative estimate of drug-likeness (QED) is 0.833. The van der Waals surface area contributed by atoms with Gasteiger partial charge in [-0.1, -0.05) is 42.5 Å². The Kier molecular flexibility index (Phi) is 4.93. The van der Waals surface area contributed by atoms with E-state index >= 15 is 0 Å². The van der Waals surface area contributed by atoms with Crippen molar-refractivity contribution in [2.75, 3.05) is 13.2 Å². The van der Waals surface area contributed by atoms with Crippen molar-refractivity contribution < 1.29 is 9.53 Å². The summed E-state index contributed by atoms with van der Waals surface area (Å²) in [7, 11) is 0. The van der Waals surface area contributed by atoms with Crippen LogP contribution in [0.4, 0.5) is 0 Å². The largest absolute Gasteiger partial charge is 0.494 e. The van der Waals surface area contributed by atoms with Crippen LogP contribution in [-0.2, 0) is 17.8 Å². The van der Waals surface area contributed by atoms with Crippen LogP contribution in [0.2, 0.25) is 0 Å². The van der Waals surface area contributed by atoms with Crippen molar-refractivity contribution in [2.24, 2.45) is 5.73 Å². The van der Waals surface area contributed by atoms with Crippen molar-refractivity contribution in [2.45, 2.75) is 25.4 Å². The Bertz CT molecular complexity index is 657. The molecule has 23 heavy (non-hydrogen) atoms. The molecular formula is C19H22N2O2. The first-order valence-corrected chi connectivity index (χ1v) is 8.02. The van der Waals surface area contributed by atoms with E-state index in [4.69, 9.17) is 10.5 Å². The van der Waals surface area contributed by atoms with Crippen molar-refractivity contribution in [3.05, 3.63) is 65.7 Å². The second kappa shape index (κ2) is 7.29. The van der Waals surface area contributed by atoms with Gasteiger partial charge in [-0.15, -0.1) is 0 Å². The fourth-order valence-electron chi connectivity index (χ4n) is 3.07. The molecule has 0 unspecified atom stereocenters. The molecule has 0 saturated carbocycles. The van der Waals surface area contributed by atoms with E-state index in [1.807, 2.05) is 42.5 Å². The number of primary amides is 1. The summed E-state index contributed by atoms with van der Waals surface area (Å²) in [6.45, 7) is 2.21. The lowest BCUT2D eigenvalue weighted by molar-refractivity contribution is -0.123. The molecule has 4 heteroatoms. The van der Waals surface area contributed by atoms with E-state index in [1.54, 1.807) is 0 Å². The maximum atomic E-state index is 11.8. The van der Waals surface area contributed by atoms with Crippen molar-refractivity contribution in [3.63, 3.8) is 0 Å². The second-order valence-electron chi connectivity index (χ2n) is 5.88. The fraction of sp³-hybridized carbons (Fsp3) is 0.316. The third kappa shape index (κ3) is 3.90. The Hall–Kier alpha value is -2.33. The number of hydrogen-bond acceptors (Lipinski definition) is 3. The lowest BCUT2D eigenvalue weighted by Crippen LogP contribution is -2.49. The molecule has 1 aliphatic rings. The van der Waals surface area contributed by atoms with Gasteiger partial charge >= 0.3 is 0 Å². The normalized spacial score (nSPS) is 17.5. The molecule has 0 radical (unpaired) electrons. The standard InChI is InChI=1S/C19H22N2O2/c20-19(22)18-13-15-7-4-5-8-16(15)14-21(18)11-6-12-23-17-9-2-1-3-10-17/h1-5,7-10,18H,6,11-14H2,(H2,20,22)/t18-/m0/s1. The zero-order chi connectivity index (χ0) is 16.1. The maximum Gasteiger partial charge on any atom is 0.235 e. The number of carbonyl (C=O) groups is 1. The summed E-state index contributed by atoms with van der Waals surface area (Å²) in [5.41, 5.74) is 8.11. The predicted octanol–water partition coefficient (Wildman–Crippen LogP) is 2.37. The molecule has 4 nitrogen and oxygen atoms in total. The number of carbonyl (C=O) groups excluding carboxylic acids is 1. The zero-order valence-corrected chi connectivity index (χ0v) is 13.2. The molecule has 2 aromatic rings. The van der Waals surface area contributed by atoms with Gasteiger partial charge in [-0.25, -0.2) is 0 Å². The molecule has 0 aromatic heterocycles. The van der Waals surface area contributed by atoms with Crippen LogP contribution in [0.15, 0.2) is 54.6 Å².